The summed E-state index contributed by atoms with van der Waals surface area (Å²) in [5.41, 5.74) is 8.52. The van der Waals surface area contributed by atoms with Gasteiger partial charge in [0.05, 0.1) is 11.3 Å². The van der Waals surface area contributed by atoms with Gasteiger partial charge in [0.2, 0.25) is 0 Å². The normalized spacial score (nSPS) is 11.0. The van der Waals surface area contributed by atoms with Gasteiger partial charge in [0, 0.05) is 17.0 Å². The number of hydrogen-bond donors (Lipinski definition) is 2. The summed E-state index contributed by atoms with van der Waals surface area (Å²) in [4.78, 5) is 0. The molecule has 2 rings (SSSR count). The van der Waals surface area contributed by atoms with E-state index < -0.39 is 0 Å². The summed E-state index contributed by atoms with van der Waals surface area (Å²) in [5, 5.41) is 12.1. The first kappa shape index (κ1) is 9.77. The van der Waals surface area contributed by atoms with Crippen LogP contribution in [0.25, 0.3) is 10.1 Å². The number of nitrogens with two attached hydrogens (primary N) is 1. The highest BCUT2D eigenvalue weighted by Crippen LogP contribution is 2.32. The van der Waals surface area contributed by atoms with Crippen molar-refractivity contribution < 1.29 is 5.11 Å². The average Bonchev–Trinajstić information content (AvgIpc) is 2.61. The van der Waals surface area contributed by atoms with Gasteiger partial charge in [0.15, 0.2) is 0 Å². The van der Waals surface area contributed by atoms with E-state index in [9.17, 15) is 0 Å². The summed E-state index contributed by atoms with van der Waals surface area (Å²) in [7, 11) is 0. The summed E-state index contributed by atoms with van der Waals surface area (Å²) in [6.45, 7) is 0.0468. The lowest BCUT2D eigenvalue weighted by atomic mass is 10.1. The van der Waals surface area contributed by atoms with Crippen LogP contribution in [0.4, 0.5) is 5.69 Å². The quantitative estimate of drug-likeness (QED) is 0.612. The Morgan fingerprint density at radius 1 is 1.43 bits per heavy atom. The number of aliphatic hydroxyl groups is 1. The zero-order chi connectivity index (χ0) is 10.1. The van der Waals surface area contributed by atoms with E-state index in [0.717, 1.165) is 26.9 Å². The molecule has 0 radical (unpaired) electrons. The Morgan fingerprint density at radius 3 is 2.86 bits per heavy atom. The van der Waals surface area contributed by atoms with Crippen molar-refractivity contribution in [3.63, 3.8) is 0 Å². The molecule has 2 nitrogen and oxygen atoms in total. The van der Waals surface area contributed by atoms with Crippen LogP contribution in [0.1, 0.15) is 11.1 Å². The van der Waals surface area contributed by atoms with Crippen LogP contribution in [-0.2, 0) is 12.5 Å². The van der Waals surface area contributed by atoms with Crippen molar-refractivity contribution in [2.45, 2.75) is 12.5 Å². The van der Waals surface area contributed by atoms with Crippen molar-refractivity contribution >= 4 is 38.7 Å². The van der Waals surface area contributed by atoms with E-state index in [1.807, 2.05) is 17.5 Å². The van der Waals surface area contributed by atoms with E-state index in [-0.39, 0.29) is 6.61 Å². The third-order valence-corrected chi connectivity index (χ3v) is 3.57. The number of thiophene rings is 1. The lowest BCUT2D eigenvalue weighted by Crippen LogP contribution is -1.88. The van der Waals surface area contributed by atoms with Gasteiger partial charge in [-0.25, -0.2) is 0 Å². The largest absolute Gasteiger partial charge is 0.398 e. The average molecular weight is 228 g/mol. The fraction of sp³-hybridized carbons (Fsp3) is 0.200. The van der Waals surface area contributed by atoms with Crippen LogP contribution in [0.2, 0.25) is 0 Å². The van der Waals surface area contributed by atoms with Crippen molar-refractivity contribution in [1.29, 1.82) is 0 Å². The molecule has 0 bridgehead atoms. The highest BCUT2D eigenvalue weighted by atomic mass is 35.5. The minimum absolute atomic E-state index is 0.0468. The fourth-order valence-electron chi connectivity index (χ4n) is 1.48. The van der Waals surface area contributed by atoms with Crippen LogP contribution < -0.4 is 5.73 Å². The molecule has 0 aliphatic carbocycles. The maximum absolute atomic E-state index is 9.11. The molecule has 0 unspecified atom stereocenters. The van der Waals surface area contributed by atoms with Crippen molar-refractivity contribution in [1.82, 2.24) is 0 Å². The predicted molar refractivity (Wildman–Crippen MR) is 61.7 cm³/mol. The molecule has 0 fully saturated rings. The second-order valence-corrected chi connectivity index (χ2v) is 4.26. The second-order valence-electron chi connectivity index (χ2n) is 3.11. The molecule has 0 amide bonds. The number of alkyl halides is 1. The number of anilines is 1. The van der Waals surface area contributed by atoms with E-state index in [4.69, 9.17) is 22.4 Å². The highest BCUT2D eigenvalue weighted by Gasteiger charge is 2.07. The van der Waals surface area contributed by atoms with Crippen molar-refractivity contribution in [3.05, 3.63) is 28.6 Å². The van der Waals surface area contributed by atoms with Crippen molar-refractivity contribution in [2.24, 2.45) is 0 Å². The minimum Gasteiger partial charge on any atom is -0.398 e. The third kappa shape index (κ3) is 1.47. The van der Waals surface area contributed by atoms with Gasteiger partial charge in [0.25, 0.3) is 0 Å². The Balaban J connectivity index is 2.73. The number of nitrogen functional groups attached to an aromatic ring is 1. The van der Waals surface area contributed by atoms with Crippen LogP contribution in [0.3, 0.4) is 0 Å². The molecule has 0 spiro atoms. The fourth-order valence-corrected chi connectivity index (χ4v) is 2.60. The third-order valence-electron chi connectivity index (χ3n) is 2.17. The van der Waals surface area contributed by atoms with Crippen LogP contribution in [0.5, 0.6) is 0 Å². The molecule has 0 aliphatic heterocycles. The first-order valence-corrected chi connectivity index (χ1v) is 5.63. The molecular formula is C10H10ClNOS. The van der Waals surface area contributed by atoms with E-state index >= 15 is 0 Å². The lowest BCUT2D eigenvalue weighted by Gasteiger charge is -2.01. The molecule has 1 aromatic carbocycles. The molecule has 1 heterocycles. The number of aliphatic hydroxyl groups excluding tert-OH is 1. The van der Waals surface area contributed by atoms with Crippen molar-refractivity contribution in [3.8, 4) is 0 Å². The zero-order valence-corrected chi connectivity index (χ0v) is 9.03. The molecule has 74 valence electrons. The minimum atomic E-state index is 0.0468. The van der Waals surface area contributed by atoms with E-state index in [0.29, 0.717) is 5.88 Å². The molecule has 1 aromatic heterocycles. The van der Waals surface area contributed by atoms with Gasteiger partial charge in [-0.2, -0.15) is 0 Å². The smallest absolute Gasteiger partial charge is 0.0696 e. The molecule has 14 heavy (non-hydrogen) atoms. The number of halogens is 1. The predicted octanol–water partition coefficient (Wildman–Crippen LogP) is 2.71. The molecule has 3 N–H and O–H groups in total. The summed E-state index contributed by atoms with van der Waals surface area (Å²) in [6, 6.07) is 3.87. The Kier molecular flexibility index (Phi) is 2.63. The van der Waals surface area contributed by atoms with Gasteiger partial charge in [0.1, 0.15) is 0 Å². The van der Waals surface area contributed by atoms with E-state index in [1.54, 1.807) is 11.3 Å². The Labute approximate surface area is 90.9 Å². The van der Waals surface area contributed by atoms with Gasteiger partial charge in [-0.1, -0.05) is 0 Å². The van der Waals surface area contributed by atoms with E-state index in [1.165, 1.54) is 0 Å². The van der Waals surface area contributed by atoms with Gasteiger partial charge in [-0.15, -0.1) is 22.9 Å². The number of benzene rings is 1. The molecule has 2 aromatic rings. The monoisotopic (exact) mass is 227 g/mol. The van der Waals surface area contributed by atoms with Gasteiger partial charge in [-0.3, -0.25) is 0 Å². The number of fused-ring (bicyclic) bond motifs is 1. The zero-order valence-electron chi connectivity index (χ0n) is 7.46. The molecule has 4 heteroatoms. The van der Waals surface area contributed by atoms with Gasteiger partial charge >= 0.3 is 0 Å². The molecular weight excluding hydrogens is 218 g/mol. The topological polar surface area (TPSA) is 46.2 Å². The molecule has 0 saturated heterocycles. The number of hydrogen-bond acceptors (Lipinski definition) is 3. The Hall–Kier alpha value is -0.770. The molecule has 0 saturated carbocycles. The summed E-state index contributed by atoms with van der Waals surface area (Å²) in [6.07, 6.45) is 0. The van der Waals surface area contributed by atoms with Gasteiger partial charge in [-0.05, 0) is 28.6 Å². The molecule has 0 atom stereocenters. The highest BCUT2D eigenvalue weighted by molar-refractivity contribution is 7.18. The van der Waals surface area contributed by atoms with Crippen molar-refractivity contribution in [2.75, 3.05) is 5.73 Å². The van der Waals surface area contributed by atoms with E-state index in [2.05, 4.69) is 0 Å². The van der Waals surface area contributed by atoms with Crippen LogP contribution >= 0.6 is 22.9 Å². The lowest BCUT2D eigenvalue weighted by molar-refractivity contribution is 0.284. The maximum Gasteiger partial charge on any atom is 0.0696 e. The molecule has 0 aliphatic rings. The summed E-state index contributed by atoms with van der Waals surface area (Å²) >= 11 is 7.30. The number of rotatable bonds is 2. The van der Waals surface area contributed by atoms with Crippen LogP contribution in [-0.4, -0.2) is 5.11 Å². The van der Waals surface area contributed by atoms with Crippen LogP contribution in [0, 0.1) is 0 Å². The Morgan fingerprint density at radius 2 is 2.21 bits per heavy atom. The SMILES string of the molecule is Nc1cc(CCl)cc2c(CO)csc12. The second kappa shape index (κ2) is 3.77. The summed E-state index contributed by atoms with van der Waals surface area (Å²) < 4.78 is 1.03. The maximum atomic E-state index is 9.11. The van der Waals surface area contributed by atoms with Gasteiger partial charge < -0.3 is 10.8 Å². The first-order chi connectivity index (χ1) is 6.76. The first-order valence-electron chi connectivity index (χ1n) is 4.21. The van der Waals surface area contributed by atoms with Crippen LogP contribution in [0.15, 0.2) is 17.5 Å². The summed E-state index contributed by atoms with van der Waals surface area (Å²) in [5.74, 6) is 0.445. The standard InChI is InChI=1S/C10H10ClNOS/c11-3-6-1-8-7(4-13)5-14-10(8)9(12)2-6/h1-2,5,13H,3-4,12H2. The Bertz CT molecular complexity index is 466.